The largest absolute Gasteiger partial charge is 0.481 e. The Morgan fingerprint density at radius 2 is 1.89 bits per heavy atom. The van der Waals surface area contributed by atoms with Crippen molar-refractivity contribution < 1.29 is 19.8 Å². The SMILES string of the molecule is CC(CSC(CCc1ccccc1C(C)(C)O)c1cccc(C=O)c1)C(=O)O. The molecule has 150 valence electrons. The van der Waals surface area contributed by atoms with E-state index < -0.39 is 17.5 Å². The van der Waals surface area contributed by atoms with Crippen LogP contribution in [0.4, 0.5) is 0 Å². The second kappa shape index (κ2) is 9.89. The fourth-order valence-electron chi connectivity index (χ4n) is 3.13. The monoisotopic (exact) mass is 400 g/mol. The third kappa shape index (κ3) is 6.21. The number of aldehydes is 1. The van der Waals surface area contributed by atoms with Crippen LogP contribution in [0, 0.1) is 5.92 Å². The fraction of sp³-hybridized carbons (Fsp3) is 0.391. The van der Waals surface area contributed by atoms with Crippen LogP contribution in [-0.4, -0.2) is 28.2 Å². The van der Waals surface area contributed by atoms with Crippen LogP contribution in [0.2, 0.25) is 0 Å². The number of benzene rings is 2. The second-order valence-electron chi connectivity index (χ2n) is 7.60. The number of carboxylic acid groups (broad SMARTS) is 1. The van der Waals surface area contributed by atoms with Gasteiger partial charge in [-0.1, -0.05) is 49.4 Å². The molecule has 28 heavy (non-hydrogen) atoms. The average Bonchev–Trinajstić information content (AvgIpc) is 2.67. The number of aliphatic carboxylic acids is 1. The van der Waals surface area contributed by atoms with Crippen molar-refractivity contribution in [3.05, 3.63) is 70.8 Å². The van der Waals surface area contributed by atoms with E-state index in [2.05, 4.69) is 0 Å². The summed E-state index contributed by atoms with van der Waals surface area (Å²) in [6.45, 7) is 5.26. The minimum atomic E-state index is -0.922. The predicted molar refractivity (Wildman–Crippen MR) is 114 cm³/mol. The van der Waals surface area contributed by atoms with Gasteiger partial charge in [-0.25, -0.2) is 0 Å². The quantitative estimate of drug-likeness (QED) is 0.558. The van der Waals surface area contributed by atoms with E-state index in [1.165, 1.54) is 0 Å². The molecule has 0 radical (unpaired) electrons. The van der Waals surface area contributed by atoms with E-state index in [0.717, 1.165) is 35.8 Å². The van der Waals surface area contributed by atoms with Crippen LogP contribution in [0.5, 0.6) is 0 Å². The first-order valence-electron chi connectivity index (χ1n) is 9.42. The van der Waals surface area contributed by atoms with Crippen molar-refractivity contribution in [1.29, 1.82) is 0 Å². The maximum absolute atomic E-state index is 11.2. The van der Waals surface area contributed by atoms with Crippen LogP contribution in [0.3, 0.4) is 0 Å². The van der Waals surface area contributed by atoms with Gasteiger partial charge in [0.2, 0.25) is 0 Å². The highest BCUT2D eigenvalue weighted by atomic mass is 32.2. The summed E-state index contributed by atoms with van der Waals surface area (Å²) in [7, 11) is 0. The van der Waals surface area contributed by atoms with Gasteiger partial charge in [0.1, 0.15) is 6.29 Å². The Bertz CT molecular complexity index is 810. The van der Waals surface area contributed by atoms with Crippen LogP contribution < -0.4 is 0 Å². The third-order valence-corrected chi connectivity index (χ3v) is 6.34. The van der Waals surface area contributed by atoms with Crippen molar-refractivity contribution in [2.24, 2.45) is 5.92 Å². The number of hydrogen-bond donors (Lipinski definition) is 2. The maximum Gasteiger partial charge on any atom is 0.307 e. The van der Waals surface area contributed by atoms with Crippen molar-refractivity contribution in [3.63, 3.8) is 0 Å². The summed E-state index contributed by atoms with van der Waals surface area (Å²) >= 11 is 1.60. The normalized spacial score (nSPS) is 13.7. The Labute approximate surface area is 171 Å². The van der Waals surface area contributed by atoms with Crippen LogP contribution in [0.1, 0.15) is 59.5 Å². The molecule has 2 aromatic carbocycles. The lowest BCUT2D eigenvalue weighted by atomic mass is 9.90. The van der Waals surface area contributed by atoms with E-state index in [0.29, 0.717) is 11.3 Å². The van der Waals surface area contributed by atoms with Gasteiger partial charge in [-0.05, 0) is 49.4 Å². The molecule has 2 N–H and O–H groups in total. The number of carbonyl (C=O) groups is 2. The molecule has 0 bridgehead atoms. The molecule has 0 aliphatic carbocycles. The molecule has 0 aliphatic rings. The van der Waals surface area contributed by atoms with Crippen LogP contribution in [-0.2, 0) is 16.8 Å². The van der Waals surface area contributed by atoms with Gasteiger partial charge >= 0.3 is 5.97 Å². The molecule has 0 amide bonds. The fourth-order valence-corrected chi connectivity index (χ4v) is 4.42. The van der Waals surface area contributed by atoms with E-state index in [9.17, 15) is 19.8 Å². The van der Waals surface area contributed by atoms with Crippen LogP contribution in [0.15, 0.2) is 48.5 Å². The lowest BCUT2D eigenvalue weighted by Crippen LogP contribution is -2.18. The molecule has 0 heterocycles. The van der Waals surface area contributed by atoms with E-state index in [4.69, 9.17) is 0 Å². The first-order valence-corrected chi connectivity index (χ1v) is 10.5. The molecule has 0 aromatic heterocycles. The lowest BCUT2D eigenvalue weighted by Gasteiger charge is -2.23. The first kappa shape index (κ1) is 22.2. The number of thioether (sulfide) groups is 1. The molecule has 2 rings (SSSR count). The van der Waals surface area contributed by atoms with Gasteiger partial charge in [-0.3, -0.25) is 9.59 Å². The Balaban J connectivity index is 2.22. The number of carboxylic acids is 1. The molecule has 0 fully saturated rings. The average molecular weight is 401 g/mol. The summed E-state index contributed by atoms with van der Waals surface area (Å²) in [6.07, 6.45) is 2.37. The Morgan fingerprint density at radius 1 is 1.18 bits per heavy atom. The molecule has 0 spiro atoms. The van der Waals surface area contributed by atoms with E-state index >= 15 is 0 Å². The summed E-state index contributed by atoms with van der Waals surface area (Å²) < 4.78 is 0. The van der Waals surface area contributed by atoms with Crippen molar-refractivity contribution in [1.82, 2.24) is 0 Å². The molecule has 2 unspecified atom stereocenters. The van der Waals surface area contributed by atoms with Gasteiger partial charge in [-0.15, -0.1) is 0 Å². The minimum Gasteiger partial charge on any atom is -0.481 e. The molecule has 0 aliphatic heterocycles. The zero-order chi connectivity index (χ0) is 20.7. The van der Waals surface area contributed by atoms with Crippen molar-refractivity contribution in [2.45, 2.75) is 44.5 Å². The first-order chi connectivity index (χ1) is 13.2. The molecule has 0 saturated heterocycles. The van der Waals surface area contributed by atoms with Crippen molar-refractivity contribution >= 4 is 24.0 Å². The van der Waals surface area contributed by atoms with Gasteiger partial charge in [0.25, 0.3) is 0 Å². The zero-order valence-corrected chi connectivity index (χ0v) is 17.4. The lowest BCUT2D eigenvalue weighted by molar-refractivity contribution is -0.140. The summed E-state index contributed by atoms with van der Waals surface area (Å²) in [6, 6.07) is 15.3. The summed E-state index contributed by atoms with van der Waals surface area (Å²) in [5, 5.41) is 19.7. The van der Waals surface area contributed by atoms with E-state index in [1.807, 2.05) is 42.5 Å². The van der Waals surface area contributed by atoms with Crippen LogP contribution in [0.25, 0.3) is 0 Å². The van der Waals surface area contributed by atoms with Gasteiger partial charge < -0.3 is 10.2 Å². The van der Waals surface area contributed by atoms with E-state index in [1.54, 1.807) is 38.6 Å². The highest BCUT2D eigenvalue weighted by Crippen LogP contribution is 2.36. The number of rotatable bonds is 10. The number of carbonyl (C=O) groups excluding carboxylic acids is 1. The van der Waals surface area contributed by atoms with Gasteiger partial charge in [-0.2, -0.15) is 11.8 Å². The van der Waals surface area contributed by atoms with Gasteiger partial charge in [0.05, 0.1) is 11.5 Å². The third-order valence-electron chi connectivity index (χ3n) is 4.74. The maximum atomic E-state index is 11.2. The Morgan fingerprint density at radius 3 is 2.54 bits per heavy atom. The highest BCUT2D eigenvalue weighted by molar-refractivity contribution is 7.99. The topological polar surface area (TPSA) is 74.6 Å². The standard InChI is InChI=1S/C23H28O4S/c1-16(22(25)26)15-28-21(19-9-6-7-17(13-19)14-24)12-11-18-8-4-5-10-20(18)23(2,3)27/h4-10,13-14,16,21,27H,11-12,15H2,1-3H3,(H,25,26). The molecule has 2 aromatic rings. The van der Waals surface area contributed by atoms with Crippen LogP contribution >= 0.6 is 11.8 Å². The molecule has 0 saturated carbocycles. The number of aryl methyl sites for hydroxylation is 1. The predicted octanol–water partition coefficient (Wildman–Crippen LogP) is 4.85. The smallest absolute Gasteiger partial charge is 0.307 e. The molecule has 2 atom stereocenters. The summed E-state index contributed by atoms with van der Waals surface area (Å²) in [5.41, 5.74) is 2.70. The molecule has 5 heteroatoms. The van der Waals surface area contributed by atoms with E-state index in [-0.39, 0.29) is 5.25 Å². The van der Waals surface area contributed by atoms with Crippen molar-refractivity contribution in [3.8, 4) is 0 Å². The molecular formula is C23H28O4S. The number of hydrogen-bond acceptors (Lipinski definition) is 4. The molecule has 4 nitrogen and oxygen atoms in total. The Kier molecular flexibility index (Phi) is 7.84. The van der Waals surface area contributed by atoms with Gasteiger partial charge in [0, 0.05) is 16.6 Å². The van der Waals surface area contributed by atoms with Crippen molar-refractivity contribution in [2.75, 3.05) is 5.75 Å². The molecular weight excluding hydrogens is 372 g/mol. The Hall–Kier alpha value is -2.11. The summed E-state index contributed by atoms with van der Waals surface area (Å²) in [5.74, 6) is -0.746. The minimum absolute atomic E-state index is 0.0663. The van der Waals surface area contributed by atoms with Gasteiger partial charge in [0.15, 0.2) is 0 Å². The zero-order valence-electron chi connectivity index (χ0n) is 16.6. The number of aliphatic hydroxyl groups is 1. The second-order valence-corrected chi connectivity index (χ2v) is 8.84. The highest BCUT2D eigenvalue weighted by Gasteiger charge is 2.22. The summed E-state index contributed by atoms with van der Waals surface area (Å²) in [4.78, 5) is 22.4.